The number of aromatic nitrogens is 3. The van der Waals surface area contributed by atoms with E-state index < -0.39 is 41.7 Å². The molecule has 2 aliphatic rings. The minimum Gasteiger partial charge on any atom is -0.508 e. The van der Waals surface area contributed by atoms with E-state index in [-0.39, 0.29) is 189 Å². The summed E-state index contributed by atoms with van der Waals surface area (Å²) >= 11 is 2.25. The van der Waals surface area contributed by atoms with Gasteiger partial charge in [0.2, 0.25) is 29.5 Å². The van der Waals surface area contributed by atoms with Crippen molar-refractivity contribution in [1.82, 2.24) is 60.5 Å². The maximum Gasteiger partial charge on any atom is 0.317 e. The molecular weight excluding hydrogens is 1450 g/mol. The predicted octanol–water partition coefficient (Wildman–Crippen LogP) is 3.40. The third kappa shape index (κ3) is 26.1. The Bertz CT molecular complexity index is 2990. The number of ether oxygens (including phenoxy) is 1. The van der Waals surface area contributed by atoms with Gasteiger partial charge in [-0.15, -0.1) is 10.2 Å². The van der Waals surface area contributed by atoms with Gasteiger partial charge in [-0.1, -0.05) is 38.1 Å². The first-order chi connectivity index (χ1) is 43.1. The van der Waals surface area contributed by atoms with E-state index in [0.29, 0.717) is 74.6 Å². The van der Waals surface area contributed by atoms with Crippen LogP contribution in [0.4, 0.5) is 0 Å². The van der Waals surface area contributed by atoms with E-state index >= 15 is 0 Å². The van der Waals surface area contributed by atoms with Crippen LogP contribution in [0.5, 0.6) is 11.5 Å². The Hall–Kier alpha value is -6.08. The number of nitrogens with one attached hydrogen (secondary N) is 4. The van der Waals surface area contributed by atoms with Crippen molar-refractivity contribution in [3.8, 4) is 28.6 Å². The first-order valence-corrected chi connectivity index (χ1v) is 32.1. The molecule has 2 saturated heterocycles. The number of likely N-dealkylation sites (tertiary alicyclic amines) is 1. The number of nitrogens with zero attached hydrogens (tertiary/aromatic N) is 8. The van der Waals surface area contributed by atoms with Crippen LogP contribution in [0, 0.1) is 46.4 Å². The molecule has 28 heteroatoms. The standard InChI is InChI=1S/C63H89IN12O14.Lu/c1-4-65-63(89)61-70-69-60(50-37-49(43(2)3)52(77)38-53(50)78)76(61)48-17-13-45(14-18-48)36-46-19-24-75(25-20-46)56(81)21-34-90-35-23-67-62(88)51(9-5-6-22-66-54(79)10-7-8-44-11-15-47(64)16-12-44)68-55(80)39-71-26-28-72(40-57(82)83)30-32-74(42-59(86)87)33-31-73(29-27-71)41-58(84)85;/h11-18,37-38,43,46,51,77-78H,4-10,19-36,39-42H2,1-3H3,(H,65,89)(H,66,79)(H,67,88)(H,68,80)(H,82,83)(H,84,85)(H,86,87);/t51-;/m0./s1. The van der Waals surface area contributed by atoms with Crippen molar-refractivity contribution in [2.75, 3.05) is 124 Å². The second-order valence-corrected chi connectivity index (χ2v) is 24.5. The van der Waals surface area contributed by atoms with E-state index in [9.17, 15) is 63.9 Å². The molecule has 1 radical (unpaired) electrons. The minimum atomic E-state index is -1.07. The van der Waals surface area contributed by atoms with Crippen molar-refractivity contribution in [2.24, 2.45) is 5.92 Å². The summed E-state index contributed by atoms with van der Waals surface area (Å²) in [6.07, 6.45) is 5.59. The summed E-state index contributed by atoms with van der Waals surface area (Å²) in [7, 11) is 0. The smallest absolute Gasteiger partial charge is 0.317 e. The number of carbonyl (C=O) groups excluding carboxylic acids is 5. The third-order valence-corrected chi connectivity index (χ3v) is 16.7. The Balaban J connectivity index is 0.0000150. The molecule has 1 atom stereocenters. The molecule has 4 aromatic rings. The van der Waals surface area contributed by atoms with Gasteiger partial charge in [-0.2, -0.15) is 0 Å². The quantitative estimate of drug-likeness (QED) is 0.0250. The van der Waals surface area contributed by atoms with Gasteiger partial charge in [-0.3, -0.25) is 62.5 Å². The zero-order valence-electron chi connectivity index (χ0n) is 52.1. The molecule has 507 valence electrons. The molecule has 91 heavy (non-hydrogen) atoms. The number of amides is 5. The number of phenolic OH excluding ortho intramolecular Hbond substituents is 2. The van der Waals surface area contributed by atoms with Crippen LogP contribution in [0.15, 0.2) is 60.7 Å². The molecular formula is C63H89ILuN12O14. The van der Waals surface area contributed by atoms with Crippen molar-refractivity contribution >= 4 is 70.0 Å². The van der Waals surface area contributed by atoms with E-state index in [0.717, 1.165) is 40.4 Å². The Morgan fingerprint density at radius 2 is 1.21 bits per heavy atom. The average Bonchev–Trinajstić information content (AvgIpc) is 1.77. The number of carbonyl (C=O) groups is 8. The summed E-state index contributed by atoms with van der Waals surface area (Å²) in [5, 5.41) is 70.3. The number of carboxylic acids is 3. The molecule has 0 spiro atoms. The fourth-order valence-electron chi connectivity index (χ4n) is 11.0. The van der Waals surface area contributed by atoms with Crippen molar-refractivity contribution in [3.63, 3.8) is 0 Å². The molecule has 0 bridgehead atoms. The second kappa shape index (κ2) is 39.5. The molecule has 3 aromatic carbocycles. The van der Waals surface area contributed by atoms with E-state index in [1.165, 1.54) is 6.07 Å². The van der Waals surface area contributed by atoms with Crippen molar-refractivity contribution in [1.29, 1.82) is 0 Å². The van der Waals surface area contributed by atoms with E-state index in [4.69, 9.17) is 4.74 Å². The molecule has 9 N–H and O–H groups in total. The number of carboxylic acid groups (broad SMARTS) is 3. The van der Waals surface area contributed by atoms with Gasteiger partial charge in [0.05, 0.1) is 51.4 Å². The largest absolute Gasteiger partial charge is 0.508 e. The molecule has 0 saturated carbocycles. The van der Waals surface area contributed by atoms with Crippen LogP contribution in [-0.2, 0) is 51.1 Å². The van der Waals surface area contributed by atoms with Crippen LogP contribution >= 0.6 is 22.6 Å². The van der Waals surface area contributed by atoms with Gasteiger partial charge < -0.3 is 56.4 Å². The predicted molar refractivity (Wildman–Crippen MR) is 343 cm³/mol. The van der Waals surface area contributed by atoms with Crippen LogP contribution in [0.2, 0.25) is 0 Å². The summed E-state index contributed by atoms with van der Waals surface area (Å²) < 4.78 is 8.54. The van der Waals surface area contributed by atoms with Gasteiger partial charge in [0.25, 0.3) is 5.91 Å². The third-order valence-electron chi connectivity index (χ3n) is 16.0. The molecule has 5 amide bonds. The molecule has 26 nitrogen and oxygen atoms in total. The maximum absolute atomic E-state index is 13.9. The maximum atomic E-state index is 13.9. The zero-order chi connectivity index (χ0) is 65.1. The van der Waals surface area contributed by atoms with Crippen molar-refractivity contribution < 1.29 is 106 Å². The number of phenols is 2. The van der Waals surface area contributed by atoms with Gasteiger partial charge in [0, 0.05) is 144 Å². The van der Waals surface area contributed by atoms with Crippen LogP contribution in [0.25, 0.3) is 17.1 Å². The molecule has 1 aromatic heterocycles. The minimum absolute atomic E-state index is 0. The summed E-state index contributed by atoms with van der Waals surface area (Å²) in [6, 6.07) is 17.8. The zero-order valence-corrected chi connectivity index (χ0v) is 55.9. The average molecular weight is 1540 g/mol. The number of benzene rings is 3. The first kappa shape index (κ1) is 75.6. The number of piperidine rings is 1. The molecule has 0 aliphatic carbocycles. The molecule has 2 fully saturated rings. The van der Waals surface area contributed by atoms with Gasteiger partial charge in [0.15, 0.2) is 5.82 Å². The summed E-state index contributed by atoms with van der Waals surface area (Å²) in [6.45, 7) is 8.47. The number of hydrogen-bond donors (Lipinski definition) is 9. The fourth-order valence-corrected chi connectivity index (χ4v) is 11.4. The number of hydrogen-bond acceptors (Lipinski definition) is 17. The van der Waals surface area contributed by atoms with Gasteiger partial charge in [-0.25, -0.2) is 0 Å². The molecule has 0 unspecified atom stereocenters. The summed E-state index contributed by atoms with van der Waals surface area (Å²) in [5.41, 5.74) is 3.76. The summed E-state index contributed by atoms with van der Waals surface area (Å²) in [4.78, 5) is 111. The Labute approximate surface area is 574 Å². The normalized spacial score (nSPS) is 15.4. The van der Waals surface area contributed by atoms with Crippen molar-refractivity contribution in [2.45, 2.75) is 96.9 Å². The number of aliphatic carboxylic acids is 3. The van der Waals surface area contributed by atoms with Crippen molar-refractivity contribution in [3.05, 3.63) is 86.7 Å². The van der Waals surface area contributed by atoms with Crippen LogP contribution in [-0.4, -0.2) is 243 Å². The molecule has 3 heterocycles. The van der Waals surface area contributed by atoms with Gasteiger partial charge in [-0.05, 0) is 140 Å². The fraction of sp³-hybridized carbons (Fsp3) is 0.556. The Morgan fingerprint density at radius 3 is 1.77 bits per heavy atom. The van der Waals surface area contributed by atoms with Crippen LogP contribution in [0.1, 0.15) is 105 Å². The van der Waals surface area contributed by atoms with E-state index in [1.807, 2.05) is 55.1 Å². The van der Waals surface area contributed by atoms with E-state index in [2.05, 4.69) is 66.2 Å². The molecule has 6 rings (SSSR count). The number of aryl methyl sites for hydroxylation is 1. The van der Waals surface area contributed by atoms with Gasteiger partial charge in [0.1, 0.15) is 17.5 Å². The van der Waals surface area contributed by atoms with E-state index in [1.54, 1.807) is 37.2 Å². The van der Waals surface area contributed by atoms with Crippen LogP contribution in [0.3, 0.4) is 0 Å². The number of unbranched alkanes of at least 4 members (excludes halogenated alkanes) is 1. The number of halogens is 1. The molecule has 2 aliphatic heterocycles. The Morgan fingerprint density at radius 1 is 0.637 bits per heavy atom. The first-order valence-electron chi connectivity index (χ1n) is 31.0. The SMILES string of the molecule is CCNC(=O)c1nnc(-c2cc(C(C)C)c(O)cc2O)n1-c1ccc(CC2CCN(C(=O)CCOCCNC(=O)[C@H](CCCCNC(=O)CCCc3ccc(I)cc3)NC(=O)CN3CCN(CC(=O)O)CCN(CC(=O)O)CCN(CC(=O)O)CC3)CC2)cc1.[Lu]. The monoisotopic (exact) mass is 1540 g/mol. The Kier molecular flexibility index (Phi) is 32.8. The second-order valence-electron chi connectivity index (χ2n) is 23.2. The topological polar surface area (TPSA) is 342 Å². The van der Waals surface area contributed by atoms with Crippen LogP contribution < -0.4 is 21.3 Å². The van der Waals surface area contributed by atoms with Gasteiger partial charge >= 0.3 is 17.9 Å². The number of aromatic hydroxyl groups is 2. The number of rotatable bonds is 32. The summed E-state index contributed by atoms with van der Waals surface area (Å²) in [5.74, 6) is -4.42.